The maximum atomic E-state index is 12.5. The first-order chi connectivity index (χ1) is 11.5. The summed E-state index contributed by atoms with van der Waals surface area (Å²) in [6.07, 6.45) is 0. The quantitative estimate of drug-likeness (QED) is 0.718. The molecule has 3 rings (SSSR count). The monoisotopic (exact) mass is 318 g/mol. The minimum absolute atomic E-state index is 0.0498. The molecule has 0 saturated heterocycles. The summed E-state index contributed by atoms with van der Waals surface area (Å²) in [5, 5.41) is 8.56. The van der Waals surface area contributed by atoms with Gasteiger partial charge < -0.3 is 10.6 Å². The molecule has 0 heterocycles. The summed E-state index contributed by atoms with van der Waals surface area (Å²) in [4.78, 5) is 12.5. The third-order valence-corrected chi connectivity index (χ3v) is 4.39. The fourth-order valence-electron chi connectivity index (χ4n) is 2.72. The Morgan fingerprint density at radius 2 is 1.67 bits per heavy atom. The molecule has 0 fully saturated rings. The van der Waals surface area contributed by atoms with Gasteiger partial charge in [-0.3, -0.25) is 4.79 Å². The number of aryl methyl sites for hydroxylation is 1. The number of benzene rings is 3. The van der Waals surface area contributed by atoms with Crippen molar-refractivity contribution in [2.75, 3.05) is 10.6 Å². The number of carbonyl (C=O) groups is 1. The molecule has 1 amide bonds. The number of fused-ring (bicyclic) bond motifs is 1. The summed E-state index contributed by atoms with van der Waals surface area (Å²) in [5.41, 5.74) is 4.19. The third-order valence-electron chi connectivity index (χ3n) is 4.39. The molecule has 0 aliphatic carbocycles. The molecule has 24 heavy (non-hydrogen) atoms. The van der Waals surface area contributed by atoms with Crippen LogP contribution in [0.1, 0.15) is 18.1 Å². The first-order valence-corrected chi connectivity index (χ1v) is 8.17. The van der Waals surface area contributed by atoms with E-state index in [2.05, 4.69) is 36.6 Å². The molecule has 0 saturated carbocycles. The zero-order valence-electron chi connectivity index (χ0n) is 14.3. The molecule has 0 spiro atoms. The maximum absolute atomic E-state index is 12.5. The van der Waals surface area contributed by atoms with Gasteiger partial charge in [-0.1, -0.05) is 42.5 Å². The highest BCUT2D eigenvalue weighted by Gasteiger charge is 2.14. The number of carbonyl (C=O) groups excluding carboxylic acids is 1. The number of hydrogen-bond acceptors (Lipinski definition) is 2. The van der Waals surface area contributed by atoms with E-state index in [-0.39, 0.29) is 11.9 Å². The topological polar surface area (TPSA) is 41.1 Å². The summed E-state index contributed by atoms with van der Waals surface area (Å²) in [6.45, 7) is 6.00. The van der Waals surface area contributed by atoms with Crippen molar-refractivity contribution in [3.63, 3.8) is 0 Å². The van der Waals surface area contributed by atoms with Crippen LogP contribution in [0.2, 0.25) is 0 Å². The second-order valence-corrected chi connectivity index (χ2v) is 6.16. The van der Waals surface area contributed by atoms with E-state index < -0.39 is 0 Å². The van der Waals surface area contributed by atoms with E-state index in [4.69, 9.17) is 0 Å². The van der Waals surface area contributed by atoms with Gasteiger partial charge in [0.05, 0.1) is 0 Å². The van der Waals surface area contributed by atoms with Gasteiger partial charge in [-0.2, -0.15) is 0 Å². The summed E-state index contributed by atoms with van der Waals surface area (Å²) < 4.78 is 0. The lowest BCUT2D eigenvalue weighted by molar-refractivity contribution is -0.116. The highest BCUT2D eigenvalue weighted by molar-refractivity contribution is 5.98. The molecular formula is C21H22N2O. The van der Waals surface area contributed by atoms with E-state index in [1.807, 2.05) is 55.5 Å². The summed E-state index contributed by atoms with van der Waals surface area (Å²) >= 11 is 0. The van der Waals surface area contributed by atoms with Crippen LogP contribution in [0.4, 0.5) is 11.4 Å². The van der Waals surface area contributed by atoms with Crippen LogP contribution in [0.25, 0.3) is 10.8 Å². The molecule has 0 bridgehead atoms. The number of anilines is 2. The van der Waals surface area contributed by atoms with E-state index in [0.717, 1.165) is 22.1 Å². The highest BCUT2D eigenvalue weighted by Crippen LogP contribution is 2.21. The van der Waals surface area contributed by atoms with E-state index in [1.165, 1.54) is 11.1 Å². The Kier molecular flexibility index (Phi) is 4.52. The van der Waals surface area contributed by atoms with Crippen molar-refractivity contribution in [3.05, 3.63) is 71.8 Å². The van der Waals surface area contributed by atoms with Gasteiger partial charge in [-0.05, 0) is 60.9 Å². The molecule has 3 aromatic rings. The van der Waals surface area contributed by atoms with Gasteiger partial charge in [0.15, 0.2) is 0 Å². The second-order valence-electron chi connectivity index (χ2n) is 6.16. The molecule has 0 aliphatic rings. The molecule has 0 radical (unpaired) electrons. The third kappa shape index (κ3) is 3.40. The average Bonchev–Trinajstić information content (AvgIpc) is 2.58. The summed E-state index contributed by atoms with van der Waals surface area (Å²) in [7, 11) is 0. The lowest BCUT2D eigenvalue weighted by Crippen LogP contribution is -2.32. The van der Waals surface area contributed by atoms with Crippen LogP contribution in [0, 0.1) is 13.8 Å². The molecular weight excluding hydrogens is 296 g/mol. The molecule has 122 valence electrons. The van der Waals surface area contributed by atoms with Crippen molar-refractivity contribution in [2.45, 2.75) is 26.8 Å². The molecule has 3 heteroatoms. The number of rotatable bonds is 4. The Hall–Kier alpha value is -2.81. The van der Waals surface area contributed by atoms with Crippen molar-refractivity contribution >= 4 is 28.1 Å². The van der Waals surface area contributed by atoms with Crippen molar-refractivity contribution in [3.8, 4) is 0 Å². The Bertz CT molecular complexity index is 886. The first-order valence-electron chi connectivity index (χ1n) is 8.17. The van der Waals surface area contributed by atoms with E-state index in [1.54, 1.807) is 0 Å². The van der Waals surface area contributed by atoms with Gasteiger partial charge in [-0.15, -0.1) is 0 Å². The second kappa shape index (κ2) is 6.75. The summed E-state index contributed by atoms with van der Waals surface area (Å²) in [6, 6.07) is 19.8. The molecule has 1 atom stereocenters. The lowest BCUT2D eigenvalue weighted by atomic mass is 10.1. The van der Waals surface area contributed by atoms with Gasteiger partial charge in [0.1, 0.15) is 6.04 Å². The van der Waals surface area contributed by atoms with E-state index in [0.29, 0.717) is 0 Å². The lowest BCUT2D eigenvalue weighted by Gasteiger charge is -2.18. The van der Waals surface area contributed by atoms with Gasteiger partial charge >= 0.3 is 0 Å². The van der Waals surface area contributed by atoms with Crippen LogP contribution < -0.4 is 10.6 Å². The SMILES string of the molecule is Cc1cccc(N[C@@H](C)C(=O)Nc2ccc3ccccc3c2)c1C. The largest absolute Gasteiger partial charge is 0.374 e. The smallest absolute Gasteiger partial charge is 0.246 e. The maximum Gasteiger partial charge on any atom is 0.246 e. The van der Waals surface area contributed by atoms with Gasteiger partial charge in [-0.25, -0.2) is 0 Å². The zero-order valence-corrected chi connectivity index (χ0v) is 14.3. The minimum Gasteiger partial charge on any atom is -0.374 e. The molecule has 3 aromatic carbocycles. The van der Waals surface area contributed by atoms with Crippen molar-refractivity contribution in [2.24, 2.45) is 0 Å². The Labute approximate surface area is 142 Å². The van der Waals surface area contributed by atoms with Crippen LogP contribution in [0.5, 0.6) is 0 Å². The number of amides is 1. The van der Waals surface area contributed by atoms with Gasteiger partial charge in [0.2, 0.25) is 5.91 Å². The molecule has 3 nitrogen and oxygen atoms in total. The van der Waals surface area contributed by atoms with Gasteiger partial charge in [0.25, 0.3) is 0 Å². The highest BCUT2D eigenvalue weighted by atomic mass is 16.2. The molecule has 0 aliphatic heterocycles. The normalized spacial score (nSPS) is 12.0. The van der Waals surface area contributed by atoms with Crippen LogP contribution in [0.3, 0.4) is 0 Å². The summed E-state index contributed by atoms with van der Waals surface area (Å²) in [5.74, 6) is -0.0498. The van der Waals surface area contributed by atoms with Crippen molar-refractivity contribution in [1.29, 1.82) is 0 Å². The fourth-order valence-corrected chi connectivity index (χ4v) is 2.72. The van der Waals surface area contributed by atoms with Crippen molar-refractivity contribution in [1.82, 2.24) is 0 Å². The Balaban J connectivity index is 1.72. The zero-order chi connectivity index (χ0) is 17.1. The average molecular weight is 318 g/mol. The Morgan fingerprint density at radius 1 is 0.917 bits per heavy atom. The molecule has 0 unspecified atom stereocenters. The van der Waals surface area contributed by atoms with Crippen LogP contribution in [-0.2, 0) is 4.79 Å². The van der Waals surface area contributed by atoms with E-state index in [9.17, 15) is 4.79 Å². The predicted octanol–water partition coefficient (Wildman–Crippen LogP) is 4.90. The van der Waals surface area contributed by atoms with Gasteiger partial charge in [0, 0.05) is 11.4 Å². The van der Waals surface area contributed by atoms with Crippen LogP contribution in [0.15, 0.2) is 60.7 Å². The molecule has 0 aromatic heterocycles. The fraction of sp³-hybridized carbons (Fsp3) is 0.190. The molecule has 2 N–H and O–H groups in total. The van der Waals surface area contributed by atoms with Crippen molar-refractivity contribution < 1.29 is 4.79 Å². The van der Waals surface area contributed by atoms with Crippen LogP contribution in [-0.4, -0.2) is 11.9 Å². The number of nitrogens with one attached hydrogen (secondary N) is 2. The first kappa shape index (κ1) is 16.1. The standard InChI is InChI=1S/C21H22N2O/c1-14-7-6-10-20(15(14)2)22-16(3)21(24)23-19-12-11-17-8-4-5-9-18(17)13-19/h4-13,16,22H,1-3H3,(H,23,24)/t16-/m0/s1. The van der Waals surface area contributed by atoms with E-state index >= 15 is 0 Å². The van der Waals surface area contributed by atoms with Crippen LogP contribution >= 0.6 is 0 Å². The predicted molar refractivity (Wildman–Crippen MR) is 102 cm³/mol. The Morgan fingerprint density at radius 3 is 2.46 bits per heavy atom. The number of hydrogen-bond donors (Lipinski definition) is 2. The minimum atomic E-state index is -0.322.